The van der Waals surface area contributed by atoms with Gasteiger partial charge in [0.2, 0.25) is 13.2 Å². The van der Waals surface area contributed by atoms with Crippen LogP contribution in [0.3, 0.4) is 0 Å². The maximum atomic E-state index is 15.1. The molecule has 6 heterocycles. The summed E-state index contributed by atoms with van der Waals surface area (Å²) in [6.45, 7) is -5.05. The Morgan fingerprint density at radius 3 is 2.77 bits per heavy atom. The Kier molecular flexibility index (Phi) is 8.69. The zero-order chi connectivity index (χ0) is 31.3. The van der Waals surface area contributed by atoms with Crippen LogP contribution in [0, 0.1) is 0 Å². The van der Waals surface area contributed by atoms with Crippen molar-refractivity contribution >= 4 is 72.6 Å². The van der Waals surface area contributed by atoms with Crippen molar-refractivity contribution in [3.8, 4) is 0 Å². The van der Waals surface area contributed by atoms with E-state index >= 15 is 4.39 Å². The molecule has 2 saturated heterocycles. The molecule has 2 aliphatic heterocycles. The smallest absolute Gasteiger partial charge is 0.386 e. The summed E-state index contributed by atoms with van der Waals surface area (Å²) in [5.41, 5.74) is 11.0. The van der Waals surface area contributed by atoms with Gasteiger partial charge < -0.3 is 30.6 Å². The minimum atomic E-state index is -4.28. The van der Waals surface area contributed by atoms with Crippen LogP contribution >= 0.6 is 38.5 Å². The number of thiol groups is 2. The first kappa shape index (κ1) is 31.3. The summed E-state index contributed by atoms with van der Waals surface area (Å²) >= 11 is 7.80. The van der Waals surface area contributed by atoms with Crippen molar-refractivity contribution in [2.75, 3.05) is 24.7 Å². The Morgan fingerprint density at radius 2 is 2.00 bits per heavy atom. The Morgan fingerprint density at radius 1 is 1.20 bits per heavy atom. The summed E-state index contributed by atoms with van der Waals surface area (Å²) in [7, 11) is -2.61. The second-order valence-electron chi connectivity index (χ2n) is 9.61. The predicted molar refractivity (Wildman–Crippen MR) is 155 cm³/mol. The number of alkyl halides is 1. The molecular formula is C19H24FN11O9P2S2. The van der Waals surface area contributed by atoms with Crippen molar-refractivity contribution in [2.45, 2.75) is 49.5 Å². The molecule has 6 N–H and O–H groups in total. The summed E-state index contributed by atoms with van der Waals surface area (Å²) in [6.07, 6.45) is -7.03. The van der Waals surface area contributed by atoms with E-state index in [2.05, 4.69) is 59.7 Å². The summed E-state index contributed by atoms with van der Waals surface area (Å²) < 4.78 is 70.0. The molecule has 0 aliphatic carbocycles. The van der Waals surface area contributed by atoms with Crippen LogP contribution in [0.2, 0.25) is 0 Å². The third kappa shape index (κ3) is 6.08. The standard InChI is InChI=1S/C19H24FN11O9P2S2/c20-9-12(32)8(39-18(9)31-14-10(28-29-31)13(21)23-4-24-14)3-37-42(35,44)40-7-1-6(2-36-41(34)43)38-17(7)30-5-25-11-15(30)26-19(22)27-16(11)33/h4-9,12,17-18,32,41H,1-3H2,(H,34,43)(H,35,44)(H2,21,23,24)(H3,22,26,27,33)/t6-,7?,8+,9?,12?,17+,18+,42?/m0/s1. The summed E-state index contributed by atoms with van der Waals surface area (Å²) in [5, 5.41) is 18.2. The number of H-pyrrole nitrogens is 1. The molecule has 4 aromatic rings. The third-order valence-corrected chi connectivity index (χ3v) is 9.20. The monoisotopic (exact) mass is 695 g/mol. The predicted octanol–water partition coefficient (Wildman–Crippen LogP) is 0.179. The van der Waals surface area contributed by atoms with E-state index in [-0.39, 0.29) is 47.1 Å². The number of fused-ring (bicyclic) bond motifs is 2. The van der Waals surface area contributed by atoms with Gasteiger partial charge in [-0.1, -0.05) is 29.7 Å². The molecule has 4 aromatic heterocycles. The molecule has 238 valence electrons. The van der Waals surface area contributed by atoms with Crippen molar-refractivity contribution in [1.29, 1.82) is 0 Å². The lowest BCUT2D eigenvalue weighted by Crippen LogP contribution is -2.31. The van der Waals surface area contributed by atoms with E-state index in [9.17, 15) is 19.0 Å². The first-order valence-corrected chi connectivity index (χ1v) is 17.9. The third-order valence-electron chi connectivity index (χ3n) is 6.76. The topological polar surface area (TPSA) is 273 Å². The van der Waals surface area contributed by atoms with E-state index in [0.717, 1.165) is 11.0 Å². The SMILES string of the molecule is Nc1nc2c(ncn2[C@@H]2O[C@H](CO[PH](=O)S)CC2OP(=O)(S)OC[C@H]2O[C@@H](n3nnc4c(N)ncnc43)C(F)C2O)c(=O)[nH]1. The van der Waals surface area contributed by atoms with Gasteiger partial charge in [0.1, 0.15) is 24.6 Å². The highest BCUT2D eigenvalue weighted by Crippen LogP contribution is 2.57. The first-order chi connectivity index (χ1) is 20.9. The van der Waals surface area contributed by atoms with Gasteiger partial charge in [0, 0.05) is 6.42 Å². The van der Waals surface area contributed by atoms with Gasteiger partial charge in [0.25, 0.3) is 5.56 Å². The van der Waals surface area contributed by atoms with Crippen LogP contribution in [-0.2, 0) is 32.2 Å². The van der Waals surface area contributed by atoms with E-state index in [0.29, 0.717) is 0 Å². The van der Waals surface area contributed by atoms with Gasteiger partial charge in [0.05, 0.1) is 25.6 Å². The molecule has 9 atom stereocenters. The zero-order valence-corrected chi connectivity index (χ0v) is 25.7. The number of aliphatic hydroxyl groups is 1. The van der Waals surface area contributed by atoms with Crippen molar-refractivity contribution in [1.82, 2.24) is 44.5 Å². The molecule has 0 radical (unpaired) electrons. The Hall–Kier alpha value is -2.72. The number of nitrogen functional groups attached to an aromatic ring is 2. The van der Waals surface area contributed by atoms with Crippen LogP contribution in [0.5, 0.6) is 0 Å². The Labute approximate surface area is 255 Å². The van der Waals surface area contributed by atoms with Crippen LogP contribution in [0.15, 0.2) is 17.4 Å². The number of hydrogen-bond donors (Lipinski definition) is 6. The van der Waals surface area contributed by atoms with E-state index in [4.69, 9.17) is 34.5 Å². The lowest BCUT2D eigenvalue weighted by molar-refractivity contribution is -0.0542. The highest BCUT2D eigenvalue weighted by molar-refractivity contribution is 8.44. The van der Waals surface area contributed by atoms with E-state index in [1.165, 1.54) is 10.9 Å². The van der Waals surface area contributed by atoms with Gasteiger partial charge in [-0.15, -0.1) is 5.10 Å². The number of nitrogens with zero attached hydrogens (tertiary/aromatic N) is 8. The summed E-state index contributed by atoms with van der Waals surface area (Å²) in [6, 6.07) is 0. The number of nitrogens with one attached hydrogen (secondary N) is 1. The fraction of sp³-hybridized carbons (Fsp3) is 0.526. The van der Waals surface area contributed by atoms with Crippen LogP contribution in [0.25, 0.3) is 22.3 Å². The number of hydrogen-bond acceptors (Lipinski definition) is 17. The minimum Gasteiger partial charge on any atom is -0.387 e. The molecule has 25 heteroatoms. The van der Waals surface area contributed by atoms with Crippen molar-refractivity contribution < 1.29 is 41.7 Å². The van der Waals surface area contributed by atoms with Crippen LogP contribution < -0.4 is 17.0 Å². The number of aromatic nitrogens is 9. The highest BCUT2D eigenvalue weighted by atomic mass is 32.7. The van der Waals surface area contributed by atoms with Crippen molar-refractivity contribution in [3.05, 3.63) is 23.0 Å². The molecular weight excluding hydrogens is 671 g/mol. The Balaban J connectivity index is 1.17. The van der Waals surface area contributed by atoms with Gasteiger partial charge in [-0.25, -0.2) is 23.9 Å². The number of imidazole rings is 1. The molecule has 2 aliphatic rings. The first-order valence-electron chi connectivity index (χ1n) is 12.6. The second kappa shape index (κ2) is 12.2. The zero-order valence-electron chi connectivity index (χ0n) is 22.0. The fourth-order valence-electron chi connectivity index (χ4n) is 4.82. The Bertz CT molecular complexity index is 1830. The average Bonchev–Trinajstić information content (AvgIpc) is 3.73. The van der Waals surface area contributed by atoms with Gasteiger partial charge in [-0.2, -0.15) is 9.67 Å². The largest absolute Gasteiger partial charge is 0.387 e. The summed E-state index contributed by atoms with van der Waals surface area (Å²) in [4.78, 5) is 30.5. The number of ether oxygens (including phenoxy) is 2. The minimum absolute atomic E-state index is 0.0148. The number of aromatic amines is 1. The number of nitrogens with two attached hydrogens (primary N) is 2. The van der Waals surface area contributed by atoms with Crippen LogP contribution in [0.4, 0.5) is 16.2 Å². The number of anilines is 2. The number of aliphatic hydroxyl groups excluding tert-OH is 1. The van der Waals surface area contributed by atoms with Crippen molar-refractivity contribution in [3.63, 3.8) is 0 Å². The lowest BCUT2D eigenvalue weighted by atomic mass is 10.1. The molecule has 0 amide bonds. The molecule has 0 spiro atoms. The second-order valence-corrected chi connectivity index (χ2v) is 14.4. The van der Waals surface area contributed by atoms with Gasteiger partial charge >= 0.3 is 6.80 Å². The molecule has 5 unspecified atom stereocenters. The van der Waals surface area contributed by atoms with E-state index in [1.807, 2.05) is 0 Å². The van der Waals surface area contributed by atoms with Crippen LogP contribution in [0.1, 0.15) is 18.9 Å². The normalized spacial score (nSPS) is 29.4. The molecule has 44 heavy (non-hydrogen) atoms. The number of halogens is 1. The van der Waals surface area contributed by atoms with Crippen LogP contribution in [-0.4, -0.2) is 93.4 Å². The quantitative estimate of drug-likeness (QED) is 0.0953. The molecule has 0 saturated carbocycles. The molecule has 6 rings (SSSR count). The maximum Gasteiger partial charge on any atom is 0.386 e. The molecule has 2 fully saturated rings. The molecule has 0 bridgehead atoms. The number of rotatable bonds is 10. The lowest BCUT2D eigenvalue weighted by Gasteiger charge is -2.24. The molecule has 0 aromatic carbocycles. The fourth-order valence-corrected chi connectivity index (χ4v) is 6.86. The highest BCUT2D eigenvalue weighted by Gasteiger charge is 2.48. The summed E-state index contributed by atoms with van der Waals surface area (Å²) in [5.74, 6) is -0.174. The molecule has 20 nitrogen and oxygen atoms in total. The van der Waals surface area contributed by atoms with Gasteiger partial charge in [-0.05, 0) is 0 Å². The van der Waals surface area contributed by atoms with E-state index in [1.54, 1.807) is 0 Å². The van der Waals surface area contributed by atoms with E-state index < -0.39 is 69.2 Å². The van der Waals surface area contributed by atoms with Gasteiger partial charge in [-0.3, -0.25) is 28.0 Å². The van der Waals surface area contributed by atoms with Crippen molar-refractivity contribution in [2.24, 2.45) is 0 Å². The maximum absolute atomic E-state index is 15.1. The average molecular weight is 696 g/mol. The van der Waals surface area contributed by atoms with Gasteiger partial charge in [0.15, 0.2) is 46.8 Å².